The average molecular weight is 240 g/mol. The Kier molecular flexibility index (Phi) is 3.11. The number of carbonyl (C=O) groups is 1. The summed E-state index contributed by atoms with van der Waals surface area (Å²) in [5.74, 6) is 0.282. The Hall–Kier alpha value is 0.314. The van der Waals surface area contributed by atoms with Gasteiger partial charge in [0.25, 0.3) is 5.97 Å². The van der Waals surface area contributed by atoms with Crippen molar-refractivity contribution in [2.24, 2.45) is 11.8 Å². The topological polar surface area (TPSA) is 26.3 Å². The second-order valence-electron chi connectivity index (χ2n) is 3.31. The third kappa shape index (κ3) is 1.40. The molecule has 1 heterocycles. The van der Waals surface area contributed by atoms with Gasteiger partial charge < -0.3 is 4.74 Å². The normalized spacial score (nSPS) is 33.8. The van der Waals surface area contributed by atoms with Gasteiger partial charge in [-0.3, -0.25) is 4.79 Å². The molecule has 1 fully saturated rings. The summed E-state index contributed by atoms with van der Waals surface area (Å²) < 4.78 is 5.09. The van der Waals surface area contributed by atoms with Gasteiger partial charge in [-0.25, -0.2) is 0 Å². The van der Waals surface area contributed by atoms with Crippen molar-refractivity contribution in [2.75, 3.05) is 0 Å². The summed E-state index contributed by atoms with van der Waals surface area (Å²) in [5.41, 5.74) is 1.17. The van der Waals surface area contributed by atoms with Crippen LogP contribution in [0.15, 0.2) is 11.6 Å². The van der Waals surface area contributed by atoms with E-state index in [1.54, 1.807) is 0 Å². The summed E-state index contributed by atoms with van der Waals surface area (Å²) in [4.78, 5) is 11.2. The van der Waals surface area contributed by atoms with Crippen molar-refractivity contribution in [3.63, 3.8) is 0 Å². The molecule has 0 saturated carbocycles. The first kappa shape index (κ1) is 10.4. The smallest absolute Gasteiger partial charge is 0.279 e. The fourth-order valence-corrected chi connectivity index (χ4v) is 1.87. The van der Waals surface area contributed by atoms with Gasteiger partial charge in [0.2, 0.25) is 0 Å². The van der Waals surface area contributed by atoms with E-state index in [0.717, 1.165) is 12.5 Å². The van der Waals surface area contributed by atoms with E-state index in [2.05, 4.69) is 13.0 Å². The van der Waals surface area contributed by atoms with Gasteiger partial charge in [0.15, 0.2) is 0 Å². The van der Waals surface area contributed by atoms with E-state index >= 15 is 0 Å². The molecule has 2 nitrogen and oxygen atoms in total. The maximum Gasteiger partial charge on any atom is 0.279 e. The van der Waals surface area contributed by atoms with Crippen molar-refractivity contribution in [2.45, 2.75) is 20.3 Å². The number of esters is 1. The van der Waals surface area contributed by atoms with E-state index in [1.165, 1.54) is 5.57 Å². The van der Waals surface area contributed by atoms with E-state index in [9.17, 15) is 4.79 Å². The summed E-state index contributed by atoms with van der Waals surface area (Å²) in [6.07, 6.45) is 3.87. The van der Waals surface area contributed by atoms with E-state index in [-0.39, 0.29) is 44.6 Å². The van der Waals surface area contributed by atoms with Crippen LogP contribution in [0.3, 0.4) is 0 Å². The predicted molar refractivity (Wildman–Crippen MR) is 40.4 cm³/mol. The quantitative estimate of drug-likeness (QED) is 0.366. The molecule has 0 amide bonds. The molecule has 3 heteroatoms. The molecular weight excluding hydrogens is 229 g/mol. The first-order valence-corrected chi connectivity index (χ1v) is 3.94. The van der Waals surface area contributed by atoms with Gasteiger partial charge >= 0.3 is 0 Å². The third-order valence-electron chi connectivity index (χ3n) is 2.61. The molecule has 12 heavy (non-hydrogen) atoms. The molecule has 1 aliphatic heterocycles. The van der Waals surface area contributed by atoms with E-state index in [4.69, 9.17) is 4.74 Å². The molecule has 1 saturated heterocycles. The SMILES string of the molecule is CC1=CC[C-]2OC(=O)C1C2C.[Y]. The van der Waals surface area contributed by atoms with Gasteiger partial charge in [-0.2, -0.15) is 0 Å². The number of hydrogen-bond donors (Lipinski definition) is 0. The number of hydrogen-bond acceptors (Lipinski definition) is 2. The average Bonchev–Trinajstić information content (AvgIpc) is 2.11. The molecule has 2 rings (SSSR count). The zero-order valence-electron chi connectivity index (χ0n) is 7.33. The third-order valence-corrected chi connectivity index (χ3v) is 2.61. The van der Waals surface area contributed by atoms with Crippen LogP contribution in [-0.4, -0.2) is 5.97 Å². The zero-order valence-corrected chi connectivity index (χ0v) is 10.2. The Morgan fingerprint density at radius 2 is 2.33 bits per heavy atom. The Morgan fingerprint density at radius 3 is 2.92 bits per heavy atom. The molecule has 0 aromatic heterocycles. The van der Waals surface area contributed by atoms with Crippen LogP contribution in [0.5, 0.6) is 0 Å². The largest absolute Gasteiger partial charge is 0.633 e. The van der Waals surface area contributed by atoms with Crippen molar-refractivity contribution >= 4 is 5.97 Å². The molecule has 0 aromatic rings. The Morgan fingerprint density at radius 1 is 1.67 bits per heavy atom. The molecular formula is C9H11O2Y-. The molecule has 0 aromatic carbocycles. The first-order valence-electron chi connectivity index (χ1n) is 3.94. The van der Waals surface area contributed by atoms with Crippen LogP contribution in [0, 0.1) is 17.9 Å². The maximum atomic E-state index is 11.2. The molecule has 2 unspecified atom stereocenters. The van der Waals surface area contributed by atoms with Crippen molar-refractivity contribution in [3.8, 4) is 0 Å². The fraction of sp³-hybridized carbons (Fsp3) is 0.556. The molecule has 0 N–H and O–H groups in total. The zero-order chi connectivity index (χ0) is 8.01. The van der Waals surface area contributed by atoms with Crippen molar-refractivity contribution in [3.05, 3.63) is 17.8 Å². The van der Waals surface area contributed by atoms with Crippen molar-refractivity contribution in [1.82, 2.24) is 0 Å². The first-order chi connectivity index (χ1) is 5.20. The second kappa shape index (κ2) is 3.59. The van der Waals surface area contributed by atoms with Gasteiger partial charge in [0.05, 0.1) is 5.92 Å². The summed E-state index contributed by atoms with van der Waals surface area (Å²) in [5, 5.41) is 0. The molecule has 2 aliphatic rings. The monoisotopic (exact) mass is 240 g/mol. The van der Waals surface area contributed by atoms with E-state index < -0.39 is 0 Å². The maximum absolute atomic E-state index is 11.2. The van der Waals surface area contributed by atoms with Crippen LogP contribution < -0.4 is 0 Å². The number of fused-ring (bicyclic) bond motifs is 2. The minimum atomic E-state index is -0.0567. The number of ether oxygens (including phenoxy) is 1. The summed E-state index contributed by atoms with van der Waals surface area (Å²) in [6, 6.07) is 0. The molecule has 2 bridgehead atoms. The van der Waals surface area contributed by atoms with Gasteiger partial charge in [0.1, 0.15) is 0 Å². The summed E-state index contributed by atoms with van der Waals surface area (Å²) >= 11 is 0. The standard InChI is InChI=1S/C9H11O2.Y/c1-5-3-4-7-6(2)8(5)9(10)11-7;/h3,6,8H,4H2,1-2H3;/q-1;. The number of rotatable bonds is 0. The summed E-state index contributed by atoms with van der Waals surface area (Å²) in [6.45, 7) is 4.06. The van der Waals surface area contributed by atoms with Crippen LogP contribution in [0.4, 0.5) is 0 Å². The number of carbonyl (C=O) groups excluding carboxylic acids is 1. The van der Waals surface area contributed by atoms with Crippen LogP contribution >= 0.6 is 0 Å². The summed E-state index contributed by atoms with van der Waals surface area (Å²) in [7, 11) is 0. The van der Waals surface area contributed by atoms with Crippen LogP contribution in [0.2, 0.25) is 0 Å². The minimum absolute atomic E-state index is 0. The van der Waals surface area contributed by atoms with Crippen LogP contribution in [-0.2, 0) is 42.2 Å². The molecule has 0 spiro atoms. The van der Waals surface area contributed by atoms with E-state index in [1.807, 2.05) is 6.92 Å². The second-order valence-corrected chi connectivity index (χ2v) is 3.31. The predicted octanol–water partition coefficient (Wildman–Crippen LogP) is 1.67. The Balaban J connectivity index is 0.000000720. The molecule has 1 aliphatic carbocycles. The molecule has 63 valence electrons. The van der Waals surface area contributed by atoms with Crippen LogP contribution in [0.25, 0.3) is 0 Å². The van der Waals surface area contributed by atoms with Crippen LogP contribution in [0.1, 0.15) is 20.3 Å². The molecule has 2 atom stereocenters. The Bertz CT molecular complexity index is 235. The van der Waals surface area contributed by atoms with E-state index in [0.29, 0.717) is 5.92 Å². The van der Waals surface area contributed by atoms with Crippen molar-refractivity contribution < 1.29 is 42.2 Å². The van der Waals surface area contributed by atoms with Gasteiger partial charge in [-0.15, -0.1) is 24.5 Å². The van der Waals surface area contributed by atoms with Gasteiger partial charge in [-0.1, -0.05) is 12.5 Å². The Labute approximate surface area is 97.6 Å². The van der Waals surface area contributed by atoms with Crippen molar-refractivity contribution in [1.29, 1.82) is 0 Å². The van der Waals surface area contributed by atoms with Gasteiger partial charge in [-0.05, 0) is 6.92 Å². The molecule has 1 radical (unpaired) electrons. The minimum Gasteiger partial charge on any atom is -0.633 e. The fourth-order valence-electron chi connectivity index (χ4n) is 1.87. The van der Waals surface area contributed by atoms with Gasteiger partial charge in [0, 0.05) is 32.7 Å².